The van der Waals surface area contributed by atoms with Crippen molar-refractivity contribution in [2.24, 2.45) is 0 Å². The number of aromatic nitrogens is 2. The number of hydrogen-bond donors (Lipinski definition) is 1. The van der Waals surface area contributed by atoms with Crippen molar-refractivity contribution in [3.63, 3.8) is 0 Å². The van der Waals surface area contributed by atoms with Gasteiger partial charge >= 0.3 is 0 Å². The van der Waals surface area contributed by atoms with E-state index in [9.17, 15) is 10.1 Å². The molecule has 140 valence electrons. The Labute approximate surface area is 163 Å². The average molecular weight is 372 g/mol. The second kappa shape index (κ2) is 8.23. The van der Waals surface area contributed by atoms with E-state index in [0.29, 0.717) is 5.69 Å². The summed E-state index contributed by atoms with van der Waals surface area (Å²) >= 11 is 0. The van der Waals surface area contributed by atoms with Gasteiger partial charge in [-0.1, -0.05) is 0 Å². The fraction of sp³-hybridized carbons (Fsp3) is 0.136. The molecule has 1 amide bonds. The number of aryl methyl sites for hydroxylation is 1. The van der Waals surface area contributed by atoms with Crippen LogP contribution in [-0.4, -0.2) is 22.6 Å². The topological polar surface area (TPSA) is 79.9 Å². The van der Waals surface area contributed by atoms with Crippen LogP contribution >= 0.6 is 0 Å². The molecule has 6 nitrogen and oxygen atoms in total. The van der Waals surface area contributed by atoms with Gasteiger partial charge in [0.2, 0.25) is 0 Å². The molecular weight excluding hydrogens is 352 g/mol. The number of nitrogens with zero attached hydrogens (tertiary/aromatic N) is 3. The van der Waals surface area contributed by atoms with E-state index in [2.05, 4.69) is 14.9 Å². The lowest BCUT2D eigenvalue weighted by Crippen LogP contribution is -2.13. The van der Waals surface area contributed by atoms with Gasteiger partial charge in [0.15, 0.2) is 0 Å². The summed E-state index contributed by atoms with van der Waals surface area (Å²) in [5.74, 6) is 0.315. The van der Waals surface area contributed by atoms with Gasteiger partial charge in [0.1, 0.15) is 17.4 Å². The molecule has 0 aliphatic rings. The van der Waals surface area contributed by atoms with Gasteiger partial charge < -0.3 is 14.6 Å². The Kier molecular flexibility index (Phi) is 5.56. The SMILES string of the molecule is COc1ccc(-n2c(C)cc(C=C(C#N)C(=O)Nc3cccnc3)c2C)cc1. The highest BCUT2D eigenvalue weighted by atomic mass is 16.5. The number of ether oxygens (including phenoxy) is 1. The van der Waals surface area contributed by atoms with E-state index in [1.54, 1.807) is 31.5 Å². The van der Waals surface area contributed by atoms with Crippen LogP contribution < -0.4 is 10.1 Å². The predicted octanol–water partition coefficient (Wildman–Crippen LogP) is 4.04. The van der Waals surface area contributed by atoms with Crippen LogP contribution in [0.5, 0.6) is 5.75 Å². The molecule has 0 atom stereocenters. The summed E-state index contributed by atoms with van der Waals surface area (Å²) in [6.45, 7) is 3.94. The first-order chi connectivity index (χ1) is 13.5. The van der Waals surface area contributed by atoms with Crippen molar-refractivity contribution in [3.8, 4) is 17.5 Å². The maximum atomic E-state index is 12.4. The molecular formula is C22H20N4O2. The zero-order valence-electron chi connectivity index (χ0n) is 15.9. The Hall–Kier alpha value is -3.85. The van der Waals surface area contributed by atoms with Gasteiger partial charge in [-0.2, -0.15) is 5.26 Å². The van der Waals surface area contributed by atoms with Crippen LogP contribution in [0.2, 0.25) is 0 Å². The third kappa shape index (κ3) is 3.94. The van der Waals surface area contributed by atoms with E-state index < -0.39 is 5.91 Å². The first-order valence-corrected chi connectivity index (χ1v) is 8.70. The molecule has 1 aromatic carbocycles. The molecule has 0 saturated heterocycles. The summed E-state index contributed by atoms with van der Waals surface area (Å²) in [5.41, 5.74) is 4.29. The number of nitriles is 1. The second-order valence-electron chi connectivity index (χ2n) is 6.23. The Morgan fingerprint density at radius 2 is 2.00 bits per heavy atom. The summed E-state index contributed by atoms with van der Waals surface area (Å²) in [4.78, 5) is 16.4. The Morgan fingerprint density at radius 3 is 2.61 bits per heavy atom. The van der Waals surface area contributed by atoms with Crippen LogP contribution in [0.3, 0.4) is 0 Å². The third-order valence-electron chi connectivity index (χ3n) is 4.39. The van der Waals surface area contributed by atoms with Gasteiger partial charge in [-0.25, -0.2) is 0 Å². The Morgan fingerprint density at radius 1 is 1.25 bits per heavy atom. The molecule has 0 aliphatic heterocycles. The zero-order chi connectivity index (χ0) is 20.1. The molecule has 1 N–H and O–H groups in total. The minimum Gasteiger partial charge on any atom is -0.497 e. The molecule has 6 heteroatoms. The fourth-order valence-corrected chi connectivity index (χ4v) is 3.00. The number of carbonyl (C=O) groups is 1. The summed E-state index contributed by atoms with van der Waals surface area (Å²) in [6.07, 6.45) is 4.75. The molecule has 3 rings (SSSR count). The molecule has 0 radical (unpaired) electrons. The number of methoxy groups -OCH3 is 1. The van der Waals surface area contributed by atoms with Gasteiger partial charge in [-0.15, -0.1) is 0 Å². The number of carbonyl (C=O) groups excluding carboxylic acids is 1. The minimum absolute atomic E-state index is 0.0267. The lowest BCUT2D eigenvalue weighted by atomic mass is 10.1. The number of pyridine rings is 1. The largest absolute Gasteiger partial charge is 0.497 e. The number of nitrogens with one attached hydrogen (secondary N) is 1. The monoisotopic (exact) mass is 372 g/mol. The number of anilines is 1. The Balaban J connectivity index is 1.92. The maximum absolute atomic E-state index is 12.4. The highest BCUT2D eigenvalue weighted by molar-refractivity contribution is 6.09. The van der Waals surface area contributed by atoms with Crippen LogP contribution in [0.25, 0.3) is 11.8 Å². The van der Waals surface area contributed by atoms with E-state index >= 15 is 0 Å². The smallest absolute Gasteiger partial charge is 0.266 e. The first kappa shape index (κ1) is 18.9. The summed E-state index contributed by atoms with van der Waals surface area (Å²) in [6, 6.07) is 15.1. The Bertz CT molecular complexity index is 1060. The molecule has 0 saturated carbocycles. The molecule has 0 fully saturated rings. The van der Waals surface area contributed by atoms with Gasteiger partial charge in [0, 0.05) is 23.3 Å². The molecule has 3 aromatic rings. The van der Waals surface area contributed by atoms with Crippen molar-refractivity contribution < 1.29 is 9.53 Å². The summed E-state index contributed by atoms with van der Waals surface area (Å²) in [7, 11) is 1.63. The molecule has 2 heterocycles. The average Bonchev–Trinajstić information content (AvgIpc) is 3.00. The predicted molar refractivity (Wildman–Crippen MR) is 108 cm³/mol. The van der Waals surface area contributed by atoms with Crippen molar-refractivity contribution in [1.82, 2.24) is 9.55 Å². The number of rotatable bonds is 5. The molecule has 2 aromatic heterocycles. The van der Waals surface area contributed by atoms with E-state index in [4.69, 9.17) is 4.74 Å². The van der Waals surface area contributed by atoms with E-state index in [1.807, 2.05) is 50.2 Å². The highest BCUT2D eigenvalue weighted by Gasteiger charge is 2.14. The van der Waals surface area contributed by atoms with E-state index in [-0.39, 0.29) is 5.57 Å². The summed E-state index contributed by atoms with van der Waals surface area (Å²) < 4.78 is 7.28. The van der Waals surface area contributed by atoms with Crippen LogP contribution in [0.4, 0.5) is 5.69 Å². The van der Waals surface area contributed by atoms with E-state index in [0.717, 1.165) is 28.4 Å². The lowest BCUT2D eigenvalue weighted by molar-refractivity contribution is -0.112. The molecule has 0 unspecified atom stereocenters. The zero-order valence-corrected chi connectivity index (χ0v) is 15.9. The molecule has 0 bridgehead atoms. The van der Waals surface area contributed by atoms with Gasteiger partial charge in [-0.05, 0) is 68.0 Å². The van der Waals surface area contributed by atoms with Crippen LogP contribution in [0.15, 0.2) is 60.4 Å². The standard InChI is InChI=1S/C22H20N4O2/c1-15-11-17(16(2)26(15)20-6-8-21(28-3)9-7-20)12-18(13-23)22(27)25-19-5-4-10-24-14-19/h4-12,14H,1-3H3,(H,25,27). The minimum atomic E-state index is -0.468. The van der Waals surface area contributed by atoms with Crippen LogP contribution in [-0.2, 0) is 4.79 Å². The quantitative estimate of drug-likeness (QED) is 0.541. The van der Waals surface area contributed by atoms with Gasteiger partial charge in [-0.3, -0.25) is 9.78 Å². The van der Waals surface area contributed by atoms with Crippen molar-refractivity contribution in [1.29, 1.82) is 5.26 Å². The molecule has 0 spiro atoms. The lowest BCUT2D eigenvalue weighted by Gasteiger charge is -2.10. The number of hydrogen-bond acceptors (Lipinski definition) is 4. The van der Waals surface area contributed by atoms with Gasteiger partial charge in [0.05, 0.1) is 19.0 Å². The van der Waals surface area contributed by atoms with Crippen LogP contribution in [0, 0.1) is 25.2 Å². The van der Waals surface area contributed by atoms with Crippen molar-refractivity contribution in [3.05, 3.63) is 77.4 Å². The fourth-order valence-electron chi connectivity index (χ4n) is 3.00. The second-order valence-corrected chi connectivity index (χ2v) is 6.23. The maximum Gasteiger partial charge on any atom is 0.266 e. The molecule has 28 heavy (non-hydrogen) atoms. The van der Waals surface area contributed by atoms with Crippen molar-refractivity contribution >= 4 is 17.7 Å². The molecule has 0 aliphatic carbocycles. The van der Waals surface area contributed by atoms with Crippen molar-refractivity contribution in [2.45, 2.75) is 13.8 Å². The number of benzene rings is 1. The number of amides is 1. The highest BCUT2D eigenvalue weighted by Crippen LogP contribution is 2.24. The normalized spacial score (nSPS) is 11.0. The summed E-state index contributed by atoms with van der Waals surface area (Å²) in [5, 5.41) is 12.1. The first-order valence-electron chi connectivity index (χ1n) is 8.70. The van der Waals surface area contributed by atoms with Crippen LogP contribution in [0.1, 0.15) is 17.0 Å². The van der Waals surface area contributed by atoms with E-state index in [1.165, 1.54) is 6.20 Å². The van der Waals surface area contributed by atoms with Crippen molar-refractivity contribution in [2.75, 3.05) is 12.4 Å². The van der Waals surface area contributed by atoms with Gasteiger partial charge in [0.25, 0.3) is 5.91 Å². The third-order valence-corrected chi connectivity index (χ3v) is 4.39.